The molecule has 0 radical (unpaired) electrons. The highest BCUT2D eigenvalue weighted by molar-refractivity contribution is 5.94. The summed E-state index contributed by atoms with van der Waals surface area (Å²) >= 11 is 0. The van der Waals surface area contributed by atoms with Crippen molar-refractivity contribution in [3.63, 3.8) is 0 Å². The van der Waals surface area contributed by atoms with Crippen molar-refractivity contribution in [2.75, 3.05) is 20.1 Å². The predicted molar refractivity (Wildman–Crippen MR) is 115 cm³/mol. The molecule has 1 amide bonds. The van der Waals surface area contributed by atoms with Gasteiger partial charge < -0.3 is 4.90 Å². The van der Waals surface area contributed by atoms with Gasteiger partial charge >= 0.3 is 0 Å². The lowest BCUT2D eigenvalue weighted by molar-refractivity contribution is 0.0782. The number of hydrogen-bond acceptors (Lipinski definition) is 3. The lowest BCUT2D eigenvalue weighted by Crippen LogP contribution is -2.32. The van der Waals surface area contributed by atoms with Crippen LogP contribution in [0.3, 0.4) is 0 Å². The molecular formula is C24H27FN4O. The molecule has 5 nitrogen and oxygen atoms in total. The number of hydrogen-bond donors (Lipinski definition) is 0. The van der Waals surface area contributed by atoms with E-state index in [0.29, 0.717) is 12.1 Å². The number of para-hydroxylation sites is 1. The zero-order chi connectivity index (χ0) is 21.1. The highest BCUT2D eigenvalue weighted by Gasteiger charge is 2.26. The van der Waals surface area contributed by atoms with Crippen LogP contribution in [-0.4, -0.2) is 45.6 Å². The van der Waals surface area contributed by atoms with Crippen molar-refractivity contribution < 1.29 is 9.18 Å². The third-order valence-corrected chi connectivity index (χ3v) is 5.57. The maximum absolute atomic E-state index is 13.6. The quantitative estimate of drug-likeness (QED) is 0.620. The van der Waals surface area contributed by atoms with Gasteiger partial charge in [-0.05, 0) is 43.3 Å². The first-order valence-corrected chi connectivity index (χ1v) is 10.4. The smallest absolute Gasteiger partial charge is 0.254 e. The van der Waals surface area contributed by atoms with Gasteiger partial charge in [0.2, 0.25) is 0 Å². The molecule has 0 aliphatic carbocycles. The summed E-state index contributed by atoms with van der Waals surface area (Å²) in [6, 6.07) is 15.9. The minimum atomic E-state index is -0.407. The zero-order valence-electron chi connectivity index (χ0n) is 17.5. The number of benzene rings is 2. The number of rotatable bonds is 6. The topological polar surface area (TPSA) is 41.4 Å². The zero-order valence-corrected chi connectivity index (χ0v) is 17.5. The summed E-state index contributed by atoms with van der Waals surface area (Å²) in [6.45, 7) is 5.48. The highest BCUT2D eigenvalue weighted by Crippen LogP contribution is 2.26. The molecule has 0 bridgehead atoms. The van der Waals surface area contributed by atoms with Crippen LogP contribution in [0.25, 0.3) is 5.69 Å². The lowest BCUT2D eigenvalue weighted by atomic mass is 10.0. The van der Waals surface area contributed by atoms with Gasteiger partial charge in [0.05, 0.1) is 23.6 Å². The fourth-order valence-corrected chi connectivity index (χ4v) is 4.10. The molecule has 0 saturated heterocycles. The van der Waals surface area contributed by atoms with Crippen LogP contribution >= 0.6 is 0 Å². The first-order valence-electron chi connectivity index (χ1n) is 10.4. The fourth-order valence-electron chi connectivity index (χ4n) is 4.10. The van der Waals surface area contributed by atoms with E-state index in [1.165, 1.54) is 23.4 Å². The summed E-state index contributed by atoms with van der Waals surface area (Å²) in [6.07, 6.45) is 2.04. The molecule has 1 aliphatic heterocycles. The normalized spacial score (nSPS) is 13.8. The van der Waals surface area contributed by atoms with E-state index in [2.05, 4.69) is 24.0 Å². The maximum atomic E-state index is 13.6. The third-order valence-electron chi connectivity index (χ3n) is 5.57. The van der Waals surface area contributed by atoms with E-state index < -0.39 is 5.82 Å². The van der Waals surface area contributed by atoms with E-state index in [9.17, 15) is 9.18 Å². The van der Waals surface area contributed by atoms with Crippen LogP contribution in [0.1, 0.15) is 40.7 Å². The summed E-state index contributed by atoms with van der Waals surface area (Å²) in [5.74, 6) is -0.617. The Balaban J connectivity index is 1.65. The van der Waals surface area contributed by atoms with Gasteiger partial charge in [-0.15, -0.1) is 0 Å². The summed E-state index contributed by atoms with van der Waals surface area (Å²) < 4.78 is 15.6. The van der Waals surface area contributed by atoms with Gasteiger partial charge in [0, 0.05) is 37.7 Å². The number of carbonyl (C=O) groups is 1. The second kappa shape index (κ2) is 8.79. The maximum Gasteiger partial charge on any atom is 0.254 e. The molecule has 3 aromatic rings. The molecule has 156 valence electrons. The number of aromatic nitrogens is 2. The summed E-state index contributed by atoms with van der Waals surface area (Å²) in [7, 11) is 1.74. The molecule has 0 atom stereocenters. The Morgan fingerprint density at radius 1 is 1.17 bits per heavy atom. The molecule has 30 heavy (non-hydrogen) atoms. The van der Waals surface area contributed by atoms with Gasteiger partial charge in [-0.25, -0.2) is 9.07 Å². The Bertz CT molecular complexity index is 1030. The highest BCUT2D eigenvalue weighted by atomic mass is 19.1. The molecule has 4 rings (SSSR count). The largest absolute Gasteiger partial charge is 0.336 e. The molecule has 0 spiro atoms. The van der Waals surface area contributed by atoms with Crippen LogP contribution in [0.15, 0.2) is 54.6 Å². The summed E-state index contributed by atoms with van der Waals surface area (Å²) in [5, 5.41) is 4.91. The Morgan fingerprint density at radius 2 is 1.97 bits per heavy atom. The molecule has 0 unspecified atom stereocenters. The van der Waals surface area contributed by atoms with Crippen molar-refractivity contribution in [1.29, 1.82) is 0 Å². The Hall–Kier alpha value is -2.99. The average Bonchev–Trinajstić information content (AvgIpc) is 3.12. The number of nitrogens with zero attached hydrogens (tertiary/aromatic N) is 4. The monoisotopic (exact) mass is 406 g/mol. The van der Waals surface area contributed by atoms with Gasteiger partial charge in [0.15, 0.2) is 0 Å². The van der Waals surface area contributed by atoms with E-state index in [1.54, 1.807) is 24.1 Å². The predicted octanol–water partition coefficient (Wildman–Crippen LogP) is 4.05. The van der Waals surface area contributed by atoms with Crippen LogP contribution in [-0.2, 0) is 19.5 Å². The van der Waals surface area contributed by atoms with Crippen LogP contribution in [0.4, 0.5) is 4.39 Å². The van der Waals surface area contributed by atoms with Gasteiger partial charge in [0.1, 0.15) is 5.82 Å². The van der Waals surface area contributed by atoms with Gasteiger partial charge in [0.25, 0.3) is 5.91 Å². The number of carbonyl (C=O) groups excluding carboxylic acids is 1. The SMILES string of the molecule is CCCN1CCc2c(c(CN(C)C(=O)c3cccc(F)c3)nn2-c2ccccc2)C1. The van der Waals surface area contributed by atoms with E-state index >= 15 is 0 Å². The molecule has 1 aliphatic rings. The Kier molecular flexibility index (Phi) is 5.95. The van der Waals surface area contributed by atoms with Gasteiger partial charge in [-0.3, -0.25) is 9.69 Å². The molecule has 2 heterocycles. The Labute approximate surface area is 176 Å². The standard InChI is InChI=1S/C24H27FN4O/c1-3-13-28-14-12-23-21(16-28)22(26-29(23)20-10-5-4-6-11-20)17-27(2)24(30)18-8-7-9-19(25)15-18/h4-11,15H,3,12-14,16-17H2,1-2H3. The van der Waals surface area contributed by atoms with Crippen LogP contribution < -0.4 is 0 Å². The van der Waals surface area contributed by atoms with Crippen LogP contribution in [0.2, 0.25) is 0 Å². The number of fused-ring (bicyclic) bond motifs is 1. The molecule has 0 N–H and O–H groups in total. The van der Waals surface area contributed by atoms with Gasteiger partial charge in [-0.1, -0.05) is 31.2 Å². The van der Waals surface area contributed by atoms with Crippen molar-refractivity contribution in [3.05, 3.63) is 82.9 Å². The first kappa shape index (κ1) is 20.3. The third kappa shape index (κ3) is 4.14. The van der Waals surface area contributed by atoms with Gasteiger partial charge in [-0.2, -0.15) is 5.10 Å². The molecule has 1 aromatic heterocycles. The van der Waals surface area contributed by atoms with Crippen molar-refractivity contribution >= 4 is 5.91 Å². The molecule has 0 saturated carbocycles. The molecule has 6 heteroatoms. The second-order valence-corrected chi connectivity index (χ2v) is 7.82. The first-order chi connectivity index (χ1) is 14.6. The summed E-state index contributed by atoms with van der Waals surface area (Å²) in [4.78, 5) is 16.9. The molecule has 0 fully saturated rings. The van der Waals surface area contributed by atoms with E-state index in [4.69, 9.17) is 5.10 Å². The lowest BCUT2D eigenvalue weighted by Gasteiger charge is -2.27. The van der Waals surface area contributed by atoms with Crippen LogP contribution in [0, 0.1) is 5.82 Å². The van der Waals surface area contributed by atoms with Crippen LogP contribution in [0.5, 0.6) is 0 Å². The second-order valence-electron chi connectivity index (χ2n) is 7.82. The fraction of sp³-hybridized carbons (Fsp3) is 0.333. The van der Waals surface area contributed by atoms with E-state index in [-0.39, 0.29) is 5.91 Å². The number of halogens is 1. The minimum absolute atomic E-state index is 0.210. The van der Waals surface area contributed by atoms with Crippen molar-refractivity contribution in [3.8, 4) is 5.69 Å². The Morgan fingerprint density at radius 3 is 2.70 bits per heavy atom. The van der Waals surface area contributed by atoms with E-state index in [0.717, 1.165) is 43.9 Å². The van der Waals surface area contributed by atoms with Crippen molar-refractivity contribution in [1.82, 2.24) is 19.6 Å². The van der Waals surface area contributed by atoms with Crippen molar-refractivity contribution in [2.45, 2.75) is 32.9 Å². The summed E-state index contributed by atoms with van der Waals surface area (Å²) in [5.41, 5.74) is 4.71. The molecular weight excluding hydrogens is 379 g/mol. The van der Waals surface area contributed by atoms with Crippen molar-refractivity contribution in [2.24, 2.45) is 0 Å². The minimum Gasteiger partial charge on any atom is -0.336 e. The number of amides is 1. The van der Waals surface area contributed by atoms with E-state index in [1.807, 2.05) is 22.9 Å². The molecule has 2 aromatic carbocycles. The average molecular weight is 407 g/mol.